The number of benzene rings is 3. The smallest absolute Gasteiger partial charge is 0.329 e. The van der Waals surface area contributed by atoms with Gasteiger partial charge < -0.3 is 19.2 Å². The summed E-state index contributed by atoms with van der Waals surface area (Å²) in [5.74, 6) is -1.29. The van der Waals surface area contributed by atoms with Crippen LogP contribution in [0.5, 0.6) is 5.75 Å². The van der Waals surface area contributed by atoms with Crippen molar-refractivity contribution in [3.05, 3.63) is 102 Å². The molecular formula is C31H37NO6Si. The summed E-state index contributed by atoms with van der Waals surface area (Å²) in [6.07, 6.45) is -0.369. The van der Waals surface area contributed by atoms with Gasteiger partial charge in [0.25, 0.3) is 5.91 Å². The van der Waals surface area contributed by atoms with Crippen LogP contribution >= 0.6 is 0 Å². The lowest BCUT2D eigenvalue weighted by molar-refractivity contribution is -0.153. The summed E-state index contributed by atoms with van der Waals surface area (Å²) in [7, 11) is -2.12. The maximum atomic E-state index is 13.2. The van der Waals surface area contributed by atoms with Gasteiger partial charge in [0, 0.05) is 5.56 Å². The third kappa shape index (κ3) is 9.10. The Hall–Kier alpha value is -3.91. The van der Waals surface area contributed by atoms with Crippen molar-refractivity contribution in [2.75, 3.05) is 0 Å². The highest BCUT2D eigenvalue weighted by Crippen LogP contribution is 2.37. The number of carbonyl (C=O) groups excluding carboxylic acids is 3. The molecule has 39 heavy (non-hydrogen) atoms. The minimum atomic E-state index is -2.12. The molecule has 1 N–H and O–H groups in total. The Morgan fingerprint density at radius 1 is 0.795 bits per heavy atom. The summed E-state index contributed by atoms with van der Waals surface area (Å²) < 4.78 is 17.1. The molecule has 0 saturated heterocycles. The van der Waals surface area contributed by atoms with E-state index in [0.717, 1.165) is 11.1 Å². The fourth-order valence-corrected chi connectivity index (χ4v) is 4.40. The number of rotatable bonds is 11. The Morgan fingerprint density at radius 2 is 1.36 bits per heavy atom. The molecule has 0 bridgehead atoms. The van der Waals surface area contributed by atoms with Gasteiger partial charge in [-0.2, -0.15) is 0 Å². The Bertz CT molecular complexity index is 1250. The first-order valence-electron chi connectivity index (χ1n) is 12.9. The first-order valence-corrected chi connectivity index (χ1v) is 15.9. The molecule has 0 unspecified atom stereocenters. The maximum absolute atomic E-state index is 13.2. The number of ether oxygens (including phenoxy) is 2. The van der Waals surface area contributed by atoms with Gasteiger partial charge in [-0.3, -0.25) is 9.59 Å². The van der Waals surface area contributed by atoms with E-state index >= 15 is 0 Å². The molecule has 0 aliphatic rings. The van der Waals surface area contributed by atoms with Crippen molar-refractivity contribution in [3.8, 4) is 5.75 Å². The van der Waals surface area contributed by atoms with Gasteiger partial charge in [0.05, 0.1) is 6.42 Å². The van der Waals surface area contributed by atoms with E-state index in [1.54, 1.807) is 18.2 Å². The maximum Gasteiger partial charge on any atom is 0.329 e. The number of esters is 2. The second kappa shape index (κ2) is 13.2. The first kappa shape index (κ1) is 29.6. The third-order valence-electron chi connectivity index (χ3n) is 6.70. The van der Waals surface area contributed by atoms with Gasteiger partial charge in [0.15, 0.2) is 0 Å². The van der Waals surface area contributed by atoms with E-state index in [4.69, 9.17) is 13.9 Å². The lowest BCUT2D eigenvalue weighted by Gasteiger charge is -2.36. The van der Waals surface area contributed by atoms with E-state index in [-0.39, 0.29) is 24.7 Å². The van der Waals surface area contributed by atoms with Gasteiger partial charge in [0.1, 0.15) is 25.0 Å². The number of amides is 1. The standard InChI is InChI=1S/C31H37NO6Si/c1-31(2,3)39(4,5)38-26-18-12-17-25(19-26)29(34)32-27(30(35)37-22-24-15-10-7-11-16-24)20-28(33)36-21-23-13-8-6-9-14-23/h6-19,27H,20-22H2,1-5H3,(H,32,34)/t27-/m0/s1. The van der Waals surface area contributed by atoms with Crippen molar-refractivity contribution >= 4 is 26.2 Å². The normalized spacial score (nSPS) is 12.2. The fraction of sp³-hybridized carbons (Fsp3) is 0.323. The molecule has 7 nitrogen and oxygen atoms in total. The molecule has 0 heterocycles. The lowest BCUT2D eigenvalue weighted by Crippen LogP contribution is -2.44. The van der Waals surface area contributed by atoms with Crippen LogP contribution in [0.3, 0.4) is 0 Å². The van der Waals surface area contributed by atoms with Crippen LogP contribution in [0.25, 0.3) is 0 Å². The van der Waals surface area contributed by atoms with E-state index in [1.165, 1.54) is 0 Å². The molecule has 0 aliphatic heterocycles. The molecule has 206 valence electrons. The average molecular weight is 548 g/mol. The van der Waals surface area contributed by atoms with Crippen LogP contribution in [0, 0.1) is 0 Å². The highest BCUT2D eigenvalue weighted by molar-refractivity contribution is 6.74. The summed E-state index contributed by atoms with van der Waals surface area (Å²) >= 11 is 0. The van der Waals surface area contributed by atoms with Gasteiger partial charge in [-0.1, -0.05) is 87.5 Å². The van der Waals surface area contributed by atoms with Crippen LogP contribution in [0.1, 0.15) is 48.7 Å². The van der Waals surface area contributed by atoms with E-state index in [9.17, 15) is 14.4 Å². The Balaban J connectivity index is 1.71. The van der Waals surface area contributed by atoms with Crippen molar-refractivity contribution < 1.29 is 28.3 Å². The third-order valence-corrected chi connectivity index (χ3v) is 11.1. The molecule has 1 atom stereocenters. The molecule has 8 heteroatoms. The summed E-state index contributed by atoms with van der Waals surface area (Å²) in [5, 5.41) is 2.65. The van der Waals surface area contributed by atoms with Gasteiger partial charge in [-0.25, -0.2) is 4.79 Å². The fourth-order valence-electron chi connectivity index (χ4n) is 3.38. The van der Waals surface area contributed by atoms with Crippen molar-refractivity contribution in [1.29, 1.82) is 0 Å². The Labute approximate surface area is 231 Å². The van der Waals surface area contributed by atoms with Crippen LogP contribution in [-0.2, 0) is 32.3 Å². The van der Waals surface area contributed by atoms with Crippen LogP contribution in [0.4, 0.5) is 0 Å². The minimum absolute atomic E-state index is 0.0148. The molecular weight excluding hydrogens is 510 g/mol. The largest absolute Gasteiger partial charge is 0.543 e. The van der Waals surface area contributed by atoms with Crippen LogP contribution in [-0.4, -0.2) is 32.2 Å². The molecule has 0 fully saturated rings. The van der Waals surface area contributed by atoms with Crippen LogP contribution in [0.15, 0.2) is 84.9 Å². The number of nitrogens with one attached hydrogen (secondary N) is 1. The molecule has 1 amide bonds. The van der Waals surface area contributed by atoms with Crippen molar-refractivity contribution in [1.82, 2.24) is 5.32 Å². The van der Waals surface area contributed by atoms with Gasteiger partial charge in [0.2, 0.25) is 8.32 Å². The predicted octanol–water partition coefficient (Wildman–Crippen LogP) is 6.05. The van der Waals surface area contributed by atoms with Gasteiger partial charge >= 0.3 is 11.9 Å². The number of carbonyl (C=O) groups is 3. The zero-order valence-corrected chi connectivity index (χ0v) is 24.2. The van der Waals surface area contributed by atoms with E-state index in [0.29, 0.717) is 11.3 Å². The Morgan fingerprint density at radius 3 is 1.92 bits per heavy atom. The SMILES string of the molecule is CC(C)(C)[Si](C)(C)Oc1cccc(C(=O)N[C@@H](CC(=O)OCc2ccccc2)C(=O)OCc2ccccc2)c1. The number of hydrogen-bond donors (Lipinski definition) is 1. The van der Waals surface area contributed by atoms with Crippen LogP contribution < -0.4 is 9.74 Å². The zero-order valence-electron chi connectivity index (χ0n) is 23.2. The molecule has 0 saturated carbocycles. The molecule has 0 spiro atoms. The molecule has 0 aliphatic carbocycles. The zero-order chi connectivity index (χ0) is 28.5. The lowest BCUT2D eigenvalue weighted by atomic mass is 10.1. The van der Waals surface area contributed by atoms with E-state index in [2.05, 4.69) is 39.2 Å². The van der Waals surface area contributed by atoms with Gasteiger partial charge in [-0.15, -0.1) is 0 Å². The van der Waals surface area contributed by atoms with Crippen LogP contribution in [0.2, 0.25) is 18.1 Å². The summed E-state index contributed by atoms with van der Waals surface area (Å²) in [6, 6.07) is 24.0. The van der Waals surface area contributed by atoms with Gasteiger partial charge in [-0.05, 0) is 47.5 Å². The summed E-state index contributed by atoms with van der Waals surface area (Å²) in [6.45, 7) is 10.7. The first-order chi connectivity index (χ1) is 18.4. The second-order valence-electron chi connectivity index (χ2n) is 10.9. The predicted molar refractivity (Wildman–Crippen MR) is 153 cm³/mol. The van der Waals surface area contributed by atoms with Crippen molar-refractivity contribution in [2.45, 2.75) is 64.6 Å². The minimum Gasteiger partial charge on any atom is -0.543 e. The molecule has 3 aromatic rings. The summed E-state index contributed by atoms with van der Waals surface area (Å²) in [5.41, 5.74) is 1.92. The summed E-state index contributed by atoms with van der Waals surface area (Å²) in [4.78, 5) is 38.8. The molecule has 3 rings (SSSR count). The highest BCUT2D eigenvalue weighted by atomic mass is 28.4. The quantitative estimate of drug-likeness (QED) is 0.232. The highest BCUT2D eigenvalue weighted by Gasteiger charge is 2.39. The molecule has 3 aromatic carbocycles. The second-order valence-corrected chi connectivity index (χ2v) is 15.6. The monoisotopic (exact) mass is 547 g/mol. The van der Waals surface area contributed by atoms with E-state index < -0.39 is 32.2 Å². The number of hydrogen-bond acceptors (Lipinski definition) is 6. The Kier molecular flexibility index (Phi) is 10.1. The van der Waals surface area contributed by atoms with Crippen molar-refractivity contribution in [2.24, 2.45) is 0 Å². The molecule has 0 aromatic heterocycles. The topological polar surface area (TPSA) is 90.9 Å². The van der Waals surface area contributed by atoms with Crippen molar-refractivity contribution in [3.63, 3.8) is 0 Å². The average Bonchev–Trinajstić information content (AvgIpc) is 2.90. The molecule has 0 radical (unpaired) electrons. The van der Waals surface area contributed by atoms with E-state index in [1.807, 2.05) is 66.7 Å².